The zero-order chi connectivity index (χ0) is 52.9. The molecule has 7 atom stereocenters. The van der Waals surface area contributed by atoms with Gasteiger partial charge in [0.1, 0.15) is 24.4 Å². The summed E-state index contributed by atoms with van der Waals surface area (Å²) in [5.41, 5.74) is 0. The SMILES string of the molecule is CC/C=C\C/C=C\C/C=C\C/C=C\C/C=C\C/C=C\CCCCCCC(=O)NC(COC1OC(CO)C(O)C(O)C1O)C(O)/C=C/CC/C=C/CC/C=C/CCCCCCCCCCCCCCCCCCC. The molecule has 0 aromatic heterocycles. The molecule has 0 aliphatic carbocycles. The summed E-state index contributed by atoms with van der Waals surface area (Å²) in [4.78, 5) is 13.1. The summed E-state index contributed by atoms with van der Waals surface area (Å²) in [7, 11) is 0. The van der Waals surface area contributed by atoms with Crippen molar-refractivity contribution in [3.05, 3.63) is 109 Å². The van der Waals surface area contributed by atoms with Crippen LogP contribution in [0.1, 0.15) is 232 Å². The van der Waals surface area contributed by atoms with Crippen molar-refractivity contribution >= 4 is 5.91 Å². The van der Waals surface area contributed by atoms with Crippen LogP contribution in [-0.2, 0) is 14.3 Å². The summed E-state index contributed by atoms with van der Waals surface area (Å²) >= 11 is 0. The van der Waals surface area contributed by atoms with E-state index in [9.17, 15) is 30.3 Å². The number of carbonyl (C=O) groups is 1. The quantitative estimate of drug-likeness (QED) is 0.0261. The third-order valence-corrected chi connectivity index (χ3v) is 13.3. The number of aliphatic hydroxyl groups is 5. The van der Waals surface area contributed by atoms with Crippen molar-refractivity contribution in [1.29, 1.82) is 0 Å². The molecule has 1 saturated heterocycles. The molecule has 73 heavy (non-hydrogen) atoms. The number of allylic oxidation sites excluding steroid dienone is 17. The fourth-order valence-electron chi connectivity index (χ4n) is 8.66. The molecule has 6 N–H and O–H groups in total. The lowest BCUT2D eigenvalue weighted by Gasteiger charge is -2.40. The van der Waals surface area contributed by atoms with Crippen molar-refractivity contribution in [2.45, 2.75) is 275 Å². The minimum Gasteiger partial charge on any atom is -0.394 e. The maximum Gasteiger partial charge on any atom is 0.220 e. The summed E-state index contributed by atoms with van der Waals surface area (Å²) < 4.78 is 11.2. The average Bonchev–Trinajstić information content (AvgIpc) is 3.39. The minimum absolute atomic E-state index is 0.219. The molecule has 7 unspecified atom stereocenters. The average molecular weight is 1020 g/mol. The molecule has 1 aliphatic heterocycles. The summed E-state index contributed by atoms with van der Waals surface area (Å²) in [6.07, 6.45) is 70.1. The lowest BCUT2D eigenvalue weighted by molar-refractivity contribution is -0.302. The van der Waals surface area contributed by atoms with E-state index >= 15 is 0 Å². The lowest BCUT2D eigenvalue weighted by atomic mass is 9.99. The number of unbranched alkanes of at least 4 members (excludes halogenated alkanes) is 23. The molecule has 0 bridgehead atoms. The summed E-state index contributed by atoms with van der Waals surface area (Å²) in [6.45, 7) is 3.63. The van der Waals surface area contributed by atoms with Crippen molar-refractivity contribution in [3.63, 3.8) is 0 Å². The highest BCUT2D eigenvalue weighted by Gasteiger charge is 2.44. The third kappa shape index (κ3) is 41.7. The van der Waals surface area contributed by atoms with Gasteiger partial charge in [-0.25, -0.2) is 0 Å². The fourth-order valence-corrected chi connectivity index (χ4v) is 8.66. The summed E-state index contributed by atoms with van der Waals surface area (Å²) in [5, 5.41) is 54.5. The first kappa shape index (κ1) is 67.9. The van der Waals surface area contributed by atoms with Crippen molar-refractivity contribution < 1.29 is 39.8 Å². The van der Waals surface area contributed by atoms with Gasteiger partial charge in [0, 0.05) is 6.42 Å². The maximum absolute atomic E-state index is 13.1. The van der Waals surface area contributed by atoms with E-state index in [1.165, 1.54) is 109 Å². The normalized spacial score (nSPS) is 19.9. The first-order chi connectivity index (χ1) is 35.8. The van der Waals surface area contributed by atoms with E-state index in [1.807, 2.05) is 6.08 Å². The fraction of sp³-hybridized carbons (Fsp3) is 0.703. The predicted octanol–water partition coefficient (Wildman–Crippen LogP) is 15.0. The van der Waals surface area contributed by atoms with Gasteiger partial charge in [-0.1, -0.05) is 239 Å². The molecule has 1 heterocycles. The van der Waals surface area contributed by atoms with Gasteiger partial charge >= 0.3 is 0 Å². The highest BCUT2D eigenvalue weighted by molar-refractivity contribution is 5.76. The maximum atomic E-state index is 13.1. The highest BCUT2D eigenvalue weighted by Crippen LogP contribution is 2.23. The van der Waals surface area contributed by atoms with Gasteiger partial charge in [0.2, 0.25) is 5.91 Å². The molecule has 0 saturated carbocycles. The zero-order valence-corrected chi connectivity index (χ0v) is 46.4. The van der Waals surface area contributed by atoms with Crippen molar-refractivity contribution in [3.8, 4) is 0 Å². The Hall–Kier alpha value is -3.15. The van der Waals surface area contributed by atoms with Gasteiger partial charge in [0.25, 0.3) is 0 Å². The molecular weight excluding hydrogens is 911 g/mol. The molecule has 418 valence electrons. The zero-order valence-electron chi connectivity index (χ0n) is 46.4. The smallest absolute Gasteiger partial charge is 0.220 e. The monoisotopic (exact) mass is 1020 g/mol. The van der Waals surface area contributed by atoms with E-state index in [4.69, 9.17) is 9.47 Å². The van der Waals surface area contributed by atoms with Gasteiger partial charge in [-0.2, -0.15) is 0 Å². The van der Waals surface area contributed by atoms with Crippen LogP contribution in [0.2, 0.25) is 0 Å². The van der Waals surface area contributed by atoms with Gasteiger partial charge in [0.05, 0.1) is 25.4 Å². The molecule has 0 radical (unpaired) electrons. The van der Waals surface area contributed by atoms with Crippen LogP contribution < -0.4 is 5.32 Å². The molecule has 1 fully saturated rings. The molecule has 0 aromatic carbocycles. The molecule has 1 amide bonds. The van der Waals surface area contributed by atoms with Crippen LogP contribution >= 0.6 is 0 Å². The van der Waals surface area contributed by atoms with E-state index < -0.39 is 49.5 Å². The molecule has 1 rings (SSSR count). The van der Waals surface area contributed by atoms with E-state index in [0.29, 0.717) is 12.8 Å². The third-order valence-electron chi connectivity index (χ3n) is 13.3. The number of ether oxygens (including phenoxy) is 2. The van der Waals surface area contributed by atoms with Crippen molar-refractivity contribution in [2.24, 2.45) is 0 Å². The Morgan fingerprint density at radius 2 is 0.863 bits per heavy atom. The van der Waals surface area contributed by atoms with Gasteiger partial charge < -0.3 is 40.3 Å². The Morgan fingerprint density at radius 3 is 1.32 bits per heavy atom. The molecule has 9 nitrogen and oxygen atoms in total. The van der Waals surface area contributed by atoms with Gasteiger partial charge in [0.15, 0.2) is 6.29 Å². The van der Waals surface area contributed by atoms with Gasteiger partial charge in [-0.15, -0.1) is 0 Å². The molecule has 0 aromatic rings. The number of aliphatic hydroxyl groups excluding tert-OH is 5. The number of nitrogens with one attached hydrogen (secondary N) is 1. The minimum atomic E-state index is -1.59. The number of amides is 1. The van der Waals surface area contributed by atoms with E-state index in [0.717, 1.165) is 96.3 Å². The second-order valence-corrected chi connectivity index (χ2v) is 20.0. The Morgan fingerprint density at radius 1 is 0.479 bits per heavy atom. The van der Waals surface area contributed by atoms with Gasteiger partial charge in [-0.3, -0.25) is 4.79 Å². The Kier molecular flexibility index (Phi) is 48.6. The van der Waals surface area contributed by atoms with Crippen LogP contribution in [0.25, 0.3) is 0 Å². The number of hydrogen-bond acceptors (Lipinski definition) is 8. The van der Waals surface area contributed by atoms with E-state index in [2.05, 4.69) is 116 Å². The van der Waals surface area contributed by atoms with Crippen LogP contribution in [-0.4, -0.2) is 87.5 Å². The van der Waals surface area contributed by atoms with Crippen molar-refractivity contribution in [1.82, 2.24) is 5.32 Å². The second kappa shape index (κ2) is 52.3. The first-order valence-electron chi connectivity index (χ1n) is 29.6. The number of carbonyl (C=O) groups excluding carboxylic acids is 1. The largest absolute Gasteiger partial charge is 0.394 e. The number of hydrogen-bond donors (Lipinski definition) is 6. The summed E-state index contributed by atoms with van der Waals surface area (Å²) in [5.74, 6) is -0.219. The van der Waals surface area contributed by atoms with Crippen LogP contribution in [0.3, 0.4) is 0 Å². The van der Waals surface area contributed by atoms with Crippen LogP contribution in [0.4, 0.5) is 0 Å². The first-order valence-corrected chi connectivity index (χ1v) is 29.6. The second-order valence-electron chi connectivity index (χ2n) is 20.0. The van der Waals surface area contributed by atoms with E-state index in [1.54, 1.807) is 6.08 Å². The molecule has 9 heteroatoms. The van der Waals surface area contributed by atoms with Crippen LogP contribution in [0.5, 0.6) is 0 Å². The summed E-state index contributed by atoms with van der Waals surface area (Å²) in [6, 6.07) is -0.851. The topological polar surface area (TPSA) is 149 Å². The molecule has 0 spiro atoms. The van der Waals surface area contributed by atoms with Crippen molar-refractivity contribution in [2.75, 3.05) is 13.2 Å². The molecule has 1 aliphatic rings. The molecular formula is C64H109NO8. The Labute approximate surface area is 446 Å². The van der Waals surface area contributed by atoms with Gasteiger partial charge in [-0.05, 0) is 96.3 Å². The van der Waals surface area contributed by atoms with Crippen LogP contribution in [0.15, 0.2) is 109 Å². The van der Waals surface area contributed by atoms with E-state index in [-0.39, 0.29) is 12.5 Å². The number of rotatable bonds is 49. The Bertz CT molecular complexity index is 1510. The predicted molar refractivity (Wildman–Crippen MR) is 308 cm³/mol. The van der Waals surface area contributed by atoms with Crippen LogP contribution in [0, 0.1) is 0 Å². The lowest BCUT2D eigenvalue weighted by Crippen LogP contribution is -2.60. The highest BCUT2D eigenvalue weighted by atomic mass is 16.7. The Balaban J connectivity index is 2.30. The standard InChI is InChI=1S/C64H109NO8/c1-3-5-7-9-11-13-15-17-19-21-23-25-27-28-29-30-32-33-35-37-39-41-43-45-47-49-51-53-58(67)57(56-72-64-63(71)62(70)61(69)59(55-66)73-64)65-60(68)54-52-50-48-46-44-42-40-38-36-34-31-26-24-22-20-18-16-14-12-10-8-6-4-2/h6,8,12,14,18,20,24,26,34-37,40,42-43,45,51,53,57-59,61-64,66-67,69-71H,3-5,7,9-11,13,15-17,19,21-23,25,27-33,38-39,41,44,46-50,52,54-56H2,1-2H3,(H,65,68)/b8-6-,14-12-,20-18-,26-24-,36-34-,37-35+,42-40-,45-43+,53-51+.